The maximum atomic E-state index is 8.88. The predicted molar refractivity (Wildman–Crippen MR) is 37.0 cm³/mol. The van der Waals surface area contributed by atoms with Gasteiger partial charge in [0.15, 0.2) is 0 Å². The van der Waals surface area contributed by atoms with Gasteiger partial charge in [-0.1, -0.05) is 0 Å². The fraction of sp³-hybridized carbons (Fsp3) is 1.00. The van der Waals surface area contributed by atoms with Crippen LogP contribution in [0.5, 0.6) is 0 Å². The molecule has 1 aliphatic rings. The minimum absolute atomic E-state index is 0. The van der Waals surface area contributed by atoms with Gasteiger partial charge in [-0.05, 0) is 0 Å². The van der Waals surface area contributed by atoms with Gasteiger partial charge in [-0.3, -0.25) is 0 Å². The zero-order chi connectivity index (χ0) is 8.74. The predicted octanol–water partition coefficient (Wildman–Crippen LogP) is -3.78. The summed E-state index contributed by atoms with van der Waals surface area (Å²) in [6.07, 6.45) is 0. The van der Waals surface area contributed by atoms with Gasteiger partial charge >= 0.3 is 59.2 Å². The van der Waals surface area contributed by atoms with E-state index < -0.39 is 7.82 Å². The van der Waals surface area contributed by atoms with Gasteiger partial charge in [-0.2, -0.15) is 0 Å². The van der Waals surface area contributed by atoms with Crippen molar-refractivity contribution < 1.29 is 81.5 Å². The fourth-order valence-corrected chi connectivity index (χ4v) is 0.440. The zero-order valence-corrected chi connectivity index (χ0v) is 10.9. The molecular formula is C4H12KO6P. The molecule has 0 atom stereocenters. The van der Waals surface area contributed by atoms with E-state index in [1.807, 2.05) is 0 Å². The number of rotatable bonds is 0. The van der Waals surface area contributed by atoms with Crippen LogP contribution >= 0.6 is 7.82 Å². The second-order valence-corrected chi connectivity index (χ2v) is 2.76. The molecule has 0 radical (unpaired) electrons. The van der Waals surface area contributed by atoms with Gasteiger partial charge in [0, 0.05) is 0 Å². The molecule has 1 aliphatic heterocycles. The number of hydrogen-bond acceptors (Lipinski definition) is 3. The van der Waals surface area contributed by atoms with E-state index in [1.165, 1.54) is 0 Å². The maximum Gasteiger partial charge on any atom is 1.00 e. The molecule has 0 bridgehead atoms. The van der Waals surface area contributed by atoms with Gasteiger partial charge in [0.2, 0.25) is 0 Å². The van der Waals surface area contributed by atoms with Crippen molar-refractivity contribution in [2.45, 2.75) is 0 Å². The number of phosphoric acid groups is 1. The SMILES string of the molecule is C1COCCO1.O=P(O)(O)O.[H-].[K+]. The third-order valence-corrected chi connectivity index (χ3v) is 0.744. The Morgan fingerprint density at radius 2 is 1.17 bits per heavy atom. The summed E-state index contributed by atoms with van der Waals surface area (Å²) in [5.74, 6) is 0. The summed E-state index contributed by atoms with van der Waals surface area (Å²) in [5.41, 5.74) is 0. The molecular weight excluding hydrogens is 214 g/mol. The molecule has 1 rings (SSSR count). The molecule has 1 heterocycles. The molecule has 0 aliphatic carbocycles. The van der Waals surface area contributed by atoms with Crippen LogP contribution < -0.4 is 51.4 Å². The quantitative estimate of drug-likeness (QED) is 0.290. The van der Waals surface area contributed by atoms with Crippen LogP contribution in [0.3, 0.4) is 0 Å². The van der Waals surface area contributed by atoms with E-state index in [0.29, 0.717) is 0 Å². The second-order valence-electron chi connectivity index (χ2n) is 1.74. The summed E-state index contributed by atoms with van der Waals surface area (Å²) in [5, 5.41) is 0. The summed E-state index contributed by atoms with van der Waals surface area (Å²) in [7, 11) is -4.64. The first kappa shape index (κ1) is 16.1. The van der Waals surface area contributed by atoms with Crippen LogP contribution in [-0.2, 0) is 14.0 Å². The Labute approximate surface area is 114 Å². The van der Waals surface area contributed by atoms with Crippen LogP contribution in [0.15, 0.2) is 0 Å². The van der Waals surface area contributed by atoms with E-state index in [2.05, 4.69) is 0 Å². The molecule has 8 heteroatoms. The Morgan fingerprint density at radius 1 is 1.00 bits per heavy atom. The largest absolute Gasteiger partial charge is 1.00 e. The first-order valence-corrected chi connectivity index (χ1v) is 4.50. The summed E-state index contributed by atoms with van der Waals surface area (Å²) >= 11 is 0. The van der Waals surface area contributed by atoms with Crippen molar-refractivity contribution in [1.82, 2.24) is 0 Å². The van der Waals surface area contributed by atoms with Gasteiger partial charge in [-0.25, -0.2) is 4.57 Å². The van der Waals surface area contributed by atoms with Crippen LogP contribution in [0.2, 0.25) is 0 Å². The van der Waals surface area contributed by atoms with E-state index in [-0.39, 0.29) is 52.8 Å². The molecule has 1 fully saturated rings. The van der Waals surface area contributed by atoms with Crippen molar-refractivity contribution in [3.63, 3.8) is 0 Å². The van der Waals surface area contributed by atoms with Crippen LogP contribution in [0.1, 0.15) is 1.43 Å². The van der Waals surface area contributed by atoms with Gasteiger partial charge in [0.25, 0.3) is 0 Å². The molecule has 70 valence electrons. The molecule has 0 aromatic rings. The Morgan fingerprint density at radius 3 is 1.25 bits per heavy atom. The summed E-state index contributed by atoms with van der Waals surface area (Å²) in [6.45, 7) is 3.11. The third-order valence-electron chi connectivity index (χ3n) is 0.744. The van der Waals surface area contributed by atoms with Crippen molar-refractivity contribution in [2.75, 3.05) is 26.4 Å². The molecule has 0 aromatic carbocycles. The fourth-order valence-electron chi connectivity index (χ4n) is 0.440. The van der Waals surface area contributed by atoms with Crippen molar-refractivity contribution in [3.05, 3.63) is 0 Å². The van der Waals surface area contributed by atoms with Crippen molar-refractivity contribution in [3.8, 4) is 0 Å². The van der Waals surface area contributed by atoms with Crippen molar-refractivity contribution in [1.29, 1.82) is 0 Å². The monoisotopic (exact) mass is 226 g/mol. The summed E-state index contributed by atoms with van der Waals surface area (Å²) in [4.78, 5) is 21.6. The van der Waals surface area contributed by atoms with E-state index in [0.717, 1.165) is 26.4 Å². The van der Waals surface area contributed by atoms with Gasteiger partial charge < -0.3 is 25.6 Å². The third kappa shape index (κ3) is 22.6. The second kappa shape index (κ2) is 9.23. The van der Waals surface area contributed by atoms with Crippen molar-refractivity contribution >= 4 is 7.82 Å². The number of ether oxygens (including phenoxy) is 2. The minimum Gasteiger partial charge on any atom is -1.00 e. The molecule has 0 spiro atoms. The molecule has 12 heavy (non-hydrogen) atoms. The Hall–Kier alpha value is 1.67. The first-order chi connectivity index (χ1) is 5.00. The molecule has 0 saturated carbocycles. The molecule has 3 N–H and O–H groups in total. The summed E-state index contributed by atoms with van der Waals surface area (Å²) < 4.78 is 18.8. The average molecular weight is 226 g/mol. The number of hydrogen-bond donors (Lipinski definition) is 3. The molecule has 0 unspecified atom stereocenters. The van der Waals surface area contributed by atoms with E-state index >= 15 is 0 Å². The molecule has 0 aromatic heterocycles. The Balaban J connectivity index is -0.000000136. The molecule has 1 saturated heterocycles. The topological polar surface area (TPSA) is 96.2 Å². The normalized spacial score (nSPS) is 16.9. The van der Waals surface area contributed by atoms with Crippen LogP contribution in [0.25, 0.3) is 0 Å². The van der Waals surface area contributed by atoms with Gasteiger partial charge in [-0.15, -0.1) is 0 Å². The zero-order valence-electron chi connectivity index (χ0n) is 7.84. The van der Waals surface area contributed by atoms with Crippen LogP contribution in [0.4, 0.5) is 0 Å². The Bertz CT molecular complexity index is 117. The van der Waals surface area contributed by atoms with Crippen LogP contribution in [-0.4, -0.2) is 41.1 Å². The van der Waals surface area contributed by atoms with E-state index in [9.17, 15) is 0 Å². The van der Waals surface area contributed by atoms with Crippen LogP contribution in [0, 0.1) is 0 Å². The van der Waals surface area contributed by atoms with Gasteiger partial charge in [0.05, 0.1) is 26.4 Å². The smallest absolute Gasteiger partial charge is 1.00 e. The Kier molecular flexibility index (Phi) is 12.4. The minimum atomic E-state index is -4.64. The average Bonchev–Trinajstić information content (AvgIpc) is 1.88. The van der Waals surface area contributed by atoms with E-state index in [4.69, 9.17) is 28.7 Å². The van der Waals surface area contributed by atoms with Crippen molar-refractivity contribution in [2.24, 2.45) is 0 Å². The van der Waals surface area contributed by atoms with E-state index in [1.54, 1.807) is 0 Å². The molecule has 6 nitrogen and oxygen atoms in total. The standard InChI is InChI=1S/C4H8O2.K.H3O4P.H/c1-2-6-4-3-5-1;;1-5(2,3)4;/h1-4H2;;(H3,1,2,3,4);/q;+1;;-1. The molecule has 0 amide bonds. The maximum absolute atomic E-state index is 8.88. The van der Waals surface area contributed by atoms with Gasteiger partial charge in [0.1, 0.15) is 0 Å². The summed E-state index contributed by atoms with van der Waals surface area (Å²) in [6, 6.07) is 0. The first-order valence-electron chi connectivity index (χ1n) is 2.94.